The smallest absolute Gasteiger partial charge is 0.0665 e. The Hall–Kier alpha value is -0.380. The Morgan fingerprint density at radius 3 is 2.43 bits per heavy atom. The average molecular weight is 255 g/mol. The Morgan fingerprint density at radius 2 is 1.93 bits per heavy atom. The SMILES string of the molecule is Cc1cc(C2(N)CNC2)c(C)cc1Br. The summed E-state index contributed by atoms with van der Waals surface area (Å²) in [5.41, 5.74) is 9.92. The number of benzene rings is 1. The molecule has 1 aliphatic heterocycles. The number of hydrogen-bond donors (Lipinski definition) is 2. The van der Waals surface area contributed by atoms with Crippen LogP contribution in [0.25, 0.3) is 0 Å². The maximum Gasteiger partial charge on any atom is 0.0665 e. The molecule has 0 unspecified atom stereocenters. The van der Waals surface area contributed by atoms with E-state index in [9.17, 15) is 0 Å². The summed E-state index contributed by atoms with van der Waals surface area (Å²) < 4.78 is 1.16. The molecule has 0 aliphatic carbocycles. The van der Waals surface area contributed by atoms with Gasteiger partial charge in [0.05, 0.1) is 5.54 Å². The lowest BCUT2D eigenvalue weighted by Crippen LogP contribution is -2.63. The summed E-state index contributed by atoms with van der Waals surface area (Å²) in [7, 11) is 0. The van der Waals surface area contributed by atoms with E-state index in [0.29, 0.717) is 0 Å². The van der Waals surface area contributed by atoms with Crippen LogP contribution in [-0.2, 0) is 5.54 Å². The van der Waals surface area contributed by atoms with Crippen LogP contribution in [0.2, 0.25) is 0 Å². The molecular weight excluding hydrogens is 240 g/mol. The van der Waals surface area contributed by atoms with E-state index in [4.69, 9.17) is 5.73 Å². The molecule has 1 aromatic rings. The Balaban J connectivity index is 2.48. The minimum atomic E-state index is -0.143. The molecule has 0 saturated carbocycles. The van der Waals surface area contributed by atoms with E-state index in [-0.39, 0.29) is 5.54 Å². The van der Waals surface area contributed by atoms with Gasteiger partial charge in [-0.15, -0.1) is 0 Å². The van der Waals surface area contributed by atoms with Crippen LogP contribution in [0, 0.1) is 13.8 Å². The van der Waals surface area contributed by atoms with Gasteiger partial charge in [-0.3, -0.25) is 0 Å². The molecule has 1 fully saturated rings. The van der Waals surface area contributed by atoms with Crippen molar-refractivity contribution in [1.29, 1.82) is 0 Å². The van der Waals surface area contributed by atoms with E-state index in [1.807, 2.05) is 0 Å². The van der Waals surface area contributed by atoms with E-state index in [2.05, 4.69) is 47.2 Å². The summed E-state index contributed by atoms with van der Waals surface area (Å²) in [6.07, 6.45) is 0. The monoisotopic (exact) mass is 254 g/mol. The van der Waals surface area contributed by atoms with Crippen LogP contribution in [0.4, 0.5) is 0 Å². The van der Waals surface area contributed by atoms with E-state index in [0.717, 1.165) is 17.6 Å². The van der Waals surface area contributed by atoms with Gasteiger partial charge in [0, 0.05) is 17.6 Å². The molecule has 2 nitrogen and oxygen atoms in total. The molecular formula is C11H15BrN2. The summed E-state index contributed by atoms with van der Waals surface area (Å²) in [6.45, 7) is 5.98. The van der Waals surface area contributed by atoms with E-state index in [1.165, 1.54) is 16.7 Å². The van der Waals surface area contributed by atoms with E-state index >= 15 is 0 Å². The van der Waals surface area contributed by atoms with Crippen molar-refractivity contribution >= 4 is 15.9 Å². The minimum Gasteiger partial charge on any atom is -0.319 e. The predicted octanol–water partition coefficient (Wildman–Crippen LogP) is 1.82. The van der Waals surface area contributed by atoms with Gasteiger partial charge in [0.2, 0.25) is 0 Å². The molecule has 2 rings (SSSR count). The molecule has 0 amide bonds. The molecule has 0 aromatic heterocycles. The van der Waals surface area contributed by atoms with Gasteiger partial charge in [0.15, 0.2) is 0 Å². The second-order valence-corrected chi connectivity index (χ2v) is 5.03. The van der Waals surface area contributed by atoms with E-state index in [1.54, 1.807) is 0 Å². The highest BCUT2D eigenvalue weighted by molar-refractivity contribution is 9.10. The molecule has 3 N–H and O–H groups in total. The van der Waals surface area contributed by atoms with Gasteiger partial charge in [-0.05, 0) is 36.6 Å². The van der Waals surface area contributed by atoms with Crippen LogP contribution in [0.5, 0.6) is 0 Å². The largest absolute Gasteiger partial charge is 0.319 e. The lowest BCUT2D eigenvalue weighted by atomic mass is 9.82. The summed E-state index contributed by atoms with van der Waals surface area (Å²) in [5.74, 6) is 0. The zero-order chi connectivity index (χ0) is 10.3. The third-order valence-electron chi connectivity index (χ3n) is 2.92. The first kappa shape index (κ1) is 10.1. The van der Waals surface area contributed by atoms with Crippen molar-refractivity contribution in [3.05, 3.63) is 33.3 Å². The highest BCUT2D eigenvalue weighted by Gasteiger charge is 2.35. The summed E-state index contributed by atoms with van der Waals surface area (Å²) >= 11 is 3.53. The fourth-order valence-electron chi connectivity index (χ4n) is 1.90. The van der Waals surface area contributed by atoms with Crippen LogP contribution < -0.4 is 11.1 Å². The van der Waals surface area contributed by atoms with Crippen LogP contribution in [0.1, 0.15) is 16.7 Å². The number of nitrogens with two attached hydrogens (primary N) is 1. The summed E-state index contributed by atoms with van der Waals surface area (Å²) in [4.78, 5) is 0. The summed E-state index contributed by atoms with van der Waals surface area (Å²) in [6, 6.07) is 4.35. The van der Waals surface area contributed by atoms with Crippen molar-refractivity contribution in [2.75, 3.05) is 13.1 Å². The first-order valence-corrected chi connectivity index (χ1v) is 5.59. The van der Waals surface area contributed by atoms with Gasteiger partial charge < -0.3 is 11.1 Å². The predicted molar refractivity (Wildman–Crippen MR) is 62.4 cm³/mol. The third-order valence-corrected chi connectivity index (χ3v) is 3.78. The number of hydrogen-bond acceptors (Lipinski definition) is 2. The number of rotatable bonds is 1. The van der Waals surface area contributed by atoms with Gasteiger partial charge in [-0.25, -0.2) is 0 Å². The standard InChI is InChI=1S/C11H15BrN2/c1-7-4-10(12)8(2)3-9(7)11(13)5-14-6-11/h3-4,14H,5-6,13H2,1-2H3. The van der Waals surface area contributed by atoms with Crippen molar-refractivity contribution in [2.45, 2.75) is 19.4 Å². The van der Waals surface area contributed by atoms with Gasteiger partial charge in [0.1, 0.15) is 0 Å². The average Bonchev–Trinajstić information content (AvgIpc) is 2.07. The quantitative estimate of drug-likeness (QED) is 0.803. The Kier molecular flexibility index (Phi) is 2.41. The fourth-order valence-corrected chi connectivity index (χ4v) is 2.36. The van der Waals surface area contributed by atoms with Gasteiger partial charge in [-0.2, -0.15) is 0 Å². The topological polar surface area (TPSA) is 38.0 Å². The zero-order valence-corrected chi connectivity index (χ0v) is 10.1. The maximum absolute atomic E-state index is 6.27. The van der Waals surface area contributed by atoms with Crippen molar-refractivity contribution in [2.24, 2.45) is 5.73 Å². The molecule has 0 spiro atoms. The first-order valence-electron chi connectivity index (χ1n) is 4.80. The van der Waals surface area contributed by atoms with Crippen LogP contribution >= 0.6 is 15.9 Å². The third kappa shape index (κ3) is 1.49. The lowest BCUT2D eigenvalue weighted by Gasteiger charge is -2.40. The molecule has 1 aromatic carbocycles. The van der Waals surface area contributed by atoms with Crippen LogP contribution in [-0.4, -0.2) is 13.1 Å². The summed E-state index contributed by atoms with van der Waals surface area (Å²) in [5, 5.41) is 3.22. The van der Waals surface area contributed by atoms with E-state index < -0.39 is 0 Å². The Morgan fingerprint density at radius 1 is 1.29 bits per heavy atom. The first-order chi connectivity index (χ1) is 6.53. The van der Waals surface area contributed by atoms with Gasteiger partial charge >= 0.3 is 0 Å². The number of halogens is 1. The molecule has 76 valence electrons. The Bertz CT molecular complexity index is 370. The highest BCUT2D eigenvalue weighted by atomic mass is 79.9. The van der Waals surface area contributed by atoms with Crippen molar-refractivity contribution in [3.63, 3.8) is 0 Å². The molecule has 1 saturated heterocycles. The fraction of sp³-hybridized carbons (Fsp3) is 0.455. The zero-order valence-electron chi connectivity index (χ0n) is 8.52. The van der Waals surface area contributed by atoms with Crippen molar-refractivity contribution in [1.82, 2.24) is 5.32 Å². The second-order valence-electron chi connectivity index (χ2n) is 4.18. The number of aryl methyl sites for hydroxylation is 2. The number of nitrogens with one attached hydrogen (secondary N) is 1. The maximum atomic E-state index is 6.27. The Labute approximate surface area is 93.0 Å². The van der Waals surface area contributed by atoms with Gasteiger partial charge in [0.25, 0.3) is 0 Å². The lowest BCUT2D eigenvalue weighted by molar-refractivity contribution is 0.286. The molecule has 0 atom stereocenters. The molecule has 3 heteroatoms. The highest BCUT2D eigenvalue weighted by Crippen LogP contribution is 2.29. The molecule has 1 aliphatic rings. The molecule has 0 radical (unpaired) electrons. The van der Waals surface area contributed by atoms with Crippen LogP contribution in [0.15, 0.2) is 16.6 Å². The van der Waals surface area contributed by atoms with Crippen LogP contribution in [0.3, 0.4) is 0 Å². The molecule has 0 bridgehead atoms. The van der Waals surface area contributed by atoms with Crippen molar-refractivity contribution < 1.29 is 0 Å². The van der Waals surface area contributed by atoms with Crippen molar-refractivity contribution in [3.8, 4) is 0 Å². The second kappa shape index (κ2) is 3.33. The minimum absolute atomic E-state index is 0.143. The van der Waals surface area contributed by atoms with Gasteiger partial charge in [-0.1, -0.05) is 22.0 Å². The molecule has 14 heavy (non-hydrogen) atoms. The normalized spacial score (nSPS) is 19.1. The molecule has 1 heterocycles.